The van der Waals surface area contributed by atoms with Crippen molar-refractivity contribution >= 4 is 11.6 Å². The molecule has 0 saturated carbocycles. The summed E-state index contributed by atoms with van der Waals surface area (Å²) >= 11 is 0. The molecular formula is C16H20FN5. The molecule has 1 aromatic heterocycles. The Morgan fingerprint density at radius 1 is 1.09 bits per heavy atom. The molecule has 116 valence electrons. The third kappa shape index (κ3) is 3.17. The highest BCUT2D eigenvalue weighted by molar-refractivity contribution is 5.51. The number of rotatable bonds is 4. The highest BCUT2D eigenvalue weighted by atomic mass is 19.1. The molecule has 6 heteroatoms. The zero-order valence-corrected chi connectivity index (χ0v) is 12.7. The molecule has 0 amide bonds. The highest BCUT2D eigenvalue weighted by Gasteiger charge is 2.21. The Hall–Kier alpha value is -2.21. The summed E-state index contributed by atoms with van der Waals surface area (Å²) in [6, 6.07) is 7.11. The summed E-state index contributed by atoms with van der Waals surface area (Å²) < 4.78 is 14.1. The number of halogens is 1. The molecule has 22 heavy (non-hydrogen) atoms. The van der Waals surface area contributed by atoms with E-state index in [1.165, 1.54) is 0 Å². The van der Waals surface area contributed by atoms with Crippen LogP contribution in [0, 0.1) is 5.82 Å². The normalized spacial score (nSPS) is 15.2. The molecule has 1 fully saturated rings. The second kappa shape index (κ2) is 6.70. The van der Waals surface area contributed by atoms with Crippen LogP contribution in [-0.2, 0) is 6.54 Å². The summed E-state index contributed by atoms with van der Waals surface area (Å²) in [7, 11) is 1.89. The van der Waals surface area contributed by atoms with Gasteiger partial charge in [-0.05, 0) is 30.8 Å². The summed E-state index contributed by atoms with van der Waals surface area (Å²) in [5.41, 5.74) is 1.77. The maximum absolute atomic E-state index is 14.1. The molecule has 0 spiro atoms. The lowest BCUT2D eigenvalue weighted by Gasteiger charge is -2.36. The maximum Gasteiger partial charge on any atom is 0.225 e. The van der Waals surface area contributed by atoms with Crippen molar-refractivity contribution in [2.75, 3.05) is 43.0 Å². The first kappa shape index (κ1) is 14.7. The minimum atomic E-state index is -0.163. The Labute approximate surface area is 129 Å². The zero-order chi connectivity index (χ0) is 15.4. The molecule has 2 heterocycles. The fraction of sp³-hybridized carbons (Fsp3) is 0.375. The van der Waals surface area contributed by atoms with Crippen LogP contribution in [0.4, 0.5) is 16.0 Å². The Morgan fingerprint density at radius 2 is 1.77 bits per heavy atom. The van der Waals surface area contributed by atoms with Gasteiger partial charge in [-0.2, -0.15) is 0 Å². The standard InChI is InChI=1S/C16H20FN5/c1-18-12-13-3-4-14(17)15(11-13)21-7-9-22(10-8-21)16-19-5-2-6-20-16/h2-6,11,18H,7-10,12H2,1H3. The van der Waals surface area contributed by atoms with Crippen LogP contribution in [0.25, 0.3) is 0 Å². The van der Waals surface area contributed by atoms with Gasteiger partial charge in [-0.25, -0.2) is 14.4 Å². The van der Waals surface area contributed by atoms with Gasteiger partial charge in [-0.1, -0.05) is 6.07 Å². The van der Waals surface area contributed by atoms with Crippen LogP contribution in [0.3, 0.4) is 0 Å². The average Bonchev–Trinajstić information content (AvgIpc) is 2.58. The van der Waals surface area contributed by atoms with E-state index in [4.69, 9.17) is 0 Å². The van der Waals surface area contributed by atoms with E-state index in [1.54, 1.807) is 18.5 Å². The van der Waals surface area contributed by atoms with Gasteiger partial charge in [-0.15, -0.1) is 0 Å². The van der Waals surface area contributed by atoms with Crippen molar-refractivity contribution in [3.8, 4) is 0 Å². The lowest BCUT2D eigenvalue weighted by Crippen LogP contribution is -2.47. The first-order valence-corrected chi connectivity index (χ1v) is 7.48. The lowest BCUT2D eigenvalue weighted by atomic mass is 10.1. The number of nitrogens with one attached hydrogen (secondary N) is 1. The van der Waals surface area contributed by atoms with E-state index in [0.29, 0.717) is 5.69 Å². The molecule has 1 saturated heterocycles. The Morgan fingerprint density at radius 3 is 2.45 bits per heavy atom. The summed E-state index contributed by atoms with van der Waals surface area (Å²) in [6.45, 7) is 3.85. The number of benzene rings is 1. The molecule has 0 unspecified atom stereocenters. The van der Waals surface area contributed by atoms with Crippen LogP contribution in [0.5, 0.6) is 0 Å². The maximum atomic E-state index is 14.1. The van der Waals surface area contributed by atoms with Crippen LogP contribution in [0.2, 0.25) is 0 Å². The van der Waals surface area contributed by atoms with Gasteiger partial charge >= 0.3 is 0 Å². The van der Waals surface area contributed by atoms with Gasteiger partial charge < -0.3 is 15.1 Å². The molecular weight excluding hydrogens is 281 g/mol. The van der Waals surface area contributed by atoms with Crippen molar-refractivity contribution < 1.29 is 4.39 Å². The van der Waals surface area contributed by atoms with E-state index in [2.05, 4.69) is 25.1 Å². The smallest absolute Gasteiger partial charge is 0.225 e. The molecule has 1 N–H and O–H groups in total. The number of nitrogens with zero attached hydrogens (tertiary/aromatic N) is 4. The fourth-order valence-electron chi connectivity index (χ4n) is 2.72. The lowest BCUT2D eigenvalue weighted by molar-refractivity contribution is 0.592. The Kier molecular flexibility index (Phi) is 4.48. The number of piperazine rings is 1. The third-order valence-electron chi connectivity index (χ3n) is 3.85. The molecule has 3 rings (SSSR count). The Bertz CT molecular complexity index is 611. The van der Waals surface area contributed by atoms with Crippen molar-refractivity contribution in [2.24, 2.45) is 0 Å². The monoisotopic (exact) mass is 301 g/mol. The first-order chi connectivity index (χ1) is 10.8. The predicted octanol–water partition coefficient (Wildman–Crippen LogP) is 1.66. The quantitative estimate of drug-likeness (QED) is 0.930. The molecule has 1 aromatic carbocycles. The van der Waals surface area contributed by atoms with Gasteiger partial charge in [-0.3, -0.25) is 0 Å². The minimum Gasteiger partial charge on any atom is -0.366 e. The van der Waals surface area contributed by atoms with Gasteiger partial charge in [0, 0.05) is 45.1 Å². The Balaban J connectivity index is 1.70. The molecule has 1 aliphatic heterocycles. The van der Waals surface area contributed by atoms with Gasteiger partial charge in [0.15, 0.2) is 0 Å². The van der Waals surface area contributed by atoms with Gasteiger partial charge in [0.2, 0.25) is 5.95 Å². The van der Waals surface area contributed by atoms with E-state index in [-0.39, 0.29) is 5.82 Å². The van der Waals surface area contributed by atoms with Gasteiger partial charge in [0.25, 0.3) is 0 Å². The molecule has 1 aliphatic rings. The van der Waals surface area contributed by atoms with E-state index < -0.39 is 0 Å². The number of aromatic nitrogens is 2. The third-order valence-corrected chi connectivity index (χ3v) is 3.85. The summed E-state index contributed by atoms with van der Waals surface area (Å²) in [5, 5.41) is 3.10. The zero-order valence-electron chi connectivity index (χ0n) is 12.7. The topological polar surface area (TPSA) is 44.3 Å². The van der Waals surface area contributed by atoms with E-state index >= 15 is 0 Å². The summed E-state index contributed by atoms with van der Waals surface area (Å²) in [6.07, 6.45) is 3.49. The fourth-order valence-corrected chi connectivity index (χ4v) is 2.72. The van der Waals surface area contributed by atoms with Crippen molar-refractivity contribution in [1.29, 1.82) is 0 Å². The molecule has 5 nitrogen and oxygen atoms in total. The number of anilines is 2. The van der Waals surface area contributed by atoms with E-state index in [0.717, 1.165) is 44.2 Å². The minimum absolute atomic E-state index is 0.163. The number of hydrogen-bond acceptors (Lipinski definition) is 5. The van der Waals surface area contributed by atoms with E-state index in [9.17, 15) is 4.39 Å². The molecule has 2 aromatic rings. The molecule has 0 bridgehead atoms. The molecule has 0 atom stereocenters. The van der Waals surface area contributed by atoms with Crippen LogP contribution >= 0.6 is 0 Å². The van der Waals surface area contributed by atoms with Gasteiger partial charge in [0.1, 0.15) is 5.82 Å². The second-order valence-electron chi connectivity index (χ2n) is 5.34. The van der Waals surface area contributed by atoms with Crippen LogP contribution < -0.4 is 15.1 Å². The average molecular weight is 301 g/mol. The largest absolute Gasteiger partial charge is 0.366 e. The van der Waals surface area contributed by atoms with Gasteiger partial charge in [0.05, 0.1) is 5.69 Å². The molecule has 0 radical (unpaired) electrons. The van der Waals surface area contributed by atoms with Crippen LogP contribution in [-0.4, -0.2) is 43.2 Å². The van der Waals surface area contributed by atoms with E-state index in [1.807, 2.05) is 25.2 Å². The highest BCUT2D eigenvalue weighted by Crippen LogP contribution is 2.23. The van der Waals surface area contributed by atoms with Crippen LogP contribution in [0.15, 0.2) is 36.7 Å². The van der Waals surface area contributed by atoms with Crippen LogP contribution in [0.1, 0.15) is 5.56 Å². The first-order valence-electron chi connectivity index (χ1n) is 7.48. The molecule has 0 aliphatic carbocycles. The van der Waals surface area contributed by atoms with Crippen molar-refractivity contribution in [3.05, 3.63) is 48.0 Å². The van der Waals surface area contributed by atoms with Crippen molar-refractivity contribution in [1.82, 2.24) is 15.3 Å². The SMILES string of the molecule is CNCc1ccc(F)c(N2CCN(c3ncccn3)CC2)c1. The van der Waals surface area contributed by atoms with Crippen molar-refractivity contribution in [2.45, 2.75) is 6.54 Å². The van der Waals surface area contributed by atoms with Crippen molar-refractivity contribution in [3.63, 3.8) is 0 Å². The summed E-state index contributed by atoms with van der Waals surface area (Å²) in [4.78, 5) is 12.8. The predicted molar refractivity (Wildman–Crippen MR) is 85.6 cm³/mol. The number of hydrogen-bond donors (Lipinski definition) is 1. The second-order valence-corrected chi connectivity index (χ2v) is 5.34. The summed E-state index contributed by atoms with van der Waals surface area (Å²) in [5.74, 6) is 0.579.